The zero-order valence-corrected chi connectivity index (χ0v) is 15.8. The minimum Gasteiger partial charge on any atom is -0.334 e. The van der Waals surface area contributed by atoms with Crippen molar-refractivity contribution in [1.82, 2.24) is 14.7 Å². The number of aryl methyl sites for hydroxylation is 1. The molecule has 5 nitrogen and oxygen atoms in total. The van der Waals surface area contributed by atoms with Crippen molar-refractivity contribution in [3.8, 4) is 5.69 Å². The molecule has 7 heteroatoms. The van der Waals surface area contributed by atoms with Crippen LogP contribution in [0.1, 0.15) is 15.4 Å². The molecule has 0 spiro atoms. The van der Waals surface area contributed by atoms with Crippen LogP contribution in [0.2, 0.25) is 5.02 Å². The van der Waals surface area contributed by atoms with Crippen LogP contribution in [0.4, 0.5) is 0 Å². The number of quaternary nitrogens is 1. The third-order valence-corrected chi connectivity index (χ3v) is 6.08. The van der Waals surface area contributed by atoms with Crippen molar-refractivity contribution < 1.29 is 9.69 Å². The molecule has 1 aromatic carbocycles. The number of carbonyl (C=O) groups is 1. The Kier molecular flexibility index (Phi) is 4.27. The van der Waals surface area contributed by atoms with Crippen molar-refractivity contribution >= 4 is 39.1 Å². The first kappa shape index (κ1) is 16.6. The van der Waals surface area contributed by atoms with Gasteiger partial charge in [0.25, 0.3) is 5.91 Å². The average Bonchev–Trinajstić information content (AvgIpc) is 3.17. The first-order chi connectivity index (χ1) is 12.0. The Labute approximate surface area is 155 Å². The third kappa shape index (κ3) is 3.05. The lowest BCUT2D eigenvalue weighted by Crippen LogP contribution is -3.12. The predicted molar refractivity (Wildman–Crippen MR) is 101 cm³/mol. The quantitative estimate of drug-likeness (QED) is 0.744. The van der Waals surface area contributed by atoms with Gasteiger partial charge in [-0.25, -0.2) is 4.68 Å². The predicted octanol–water partition coefficient (Wildman–Crippen LogP) is 2.02. The molecule has 25 heavy (non-hydrogen) atoms. The van der Waals surface area contributed by atoms with Crippen LogP contribution in [0.25, 0.3) is 15.9 Å². The van der Waals surface area contributed by atoms with E-state index in [2.05, 4.69) is 12.1 Å². The van der Waals surface area contributed by atoms with Gasteiger partial charge in [-0.3, -0.25) is 4.79 Å². The van der Waals surface area contributed by atoms with Gasteiger partial charge in [0.1, 0.15) is 4.83 Å². The van der Waals surface area contributed by atoms with Crippen LogP contribution in [-0.2, 0) is 0 Å². The Morgan fingerprint density at radius 3 is 2.60 bits per heavy atom. The van der Waals surface area contributed by atoms with E-state index >= 15 is 0 Å². The molecule has 4 rings (SSSR count). The van der Waals surface area contributed by atoms with Gasteiger partial charge in [0.15, 0.2) is 0 Å². The van der Waals surface area contributed by atoms with Crippen LogP contribution >= 0.6 is 22.9 Å². The topological polar surface area (TPSA) is 42.6 Å². The van der Waals surface area contributed by atoms with E-state index in [0.717, 1.165) is 52.7 Å². The van der Waals surface area contributed by atoms with Gasteiger partial charge < -0.3 is 9.80 Å². The van der Waals surface area contributed by atoms with Crippen LogP contribution in [0.3, 0.4) is 0 Å². The second kappa shape index (κ2) is 6.44. The normalized spacial score (nSPS) is 15.9. The summed E-state index contributed by atoms with van der Waals surface area (Å²) in [6.07, 6.45) is 0. The number of fused-ring (bicyclic) bond motifs is 1. The second-order valence-corrected chi connectivity index (χ2v) is 8.02. The molecule has 0 saturated carbocycles. The molecule has 3 heterocycles. The highest BCUT2D eigenvalue weighted by Gasteiger charge is 2.25. The van der Waals surface area contributed by atoms with Crippen LogP contribution in [0, 0.1) is 6.92 Å². The number of carbonyl (C=O) groups excluding carboxylic acids is 1. The zero-order chi connectivity index (χ0) is 17.6. The van der Waals surface area contributed by atoms with Crippen LogP contribution in [0.15, 0.2) is 30.3 Å². The van der Waals surface area contributed by atoms with E-state index in [9.17, 15) is 4.79 Å². The van der Waals surface area contributed by atoms with Crippen LogP contribution in [-0.4, -0.2) is 53.8 Å². The van der Waals surface area contributed by atoms with Gasteiger partial charge in [-0.15, -0.1) is 11.3 Å². The van der Waals surface area contributed by atoms with Gasteiger partial charge in [-0.2, -0.15) is 5.10 Å². The van der Waals surface area contributed by atoms with Gasteiger partial charge in [-0.05, 0) is 37.3 Å². The summed E-state index contributed by atoms with van der Waals surface area (Å²) in [6.45, 7) is 5.64. The molecule has 1 aliphatic rings. The smallest absolute Gasteiger partial charge is 0.264 e. The highest BCUT2D eigenvalue weighted by atomic mass is 35.5. The molecular weight excluding hydrogens is 356 g/mol. The summed E-state index contributed by atoms with van der Waals surface area (Å²) >= 11 is 7.50. The maximum absolute atomic E-state index is 12.9. The molecule has 0 unspecified atom stereocenters. The van der Waals surface area contributed by atoms with Crippen LogP contribution in [0.5, 0.6) is 0 Å². The molecule has 1 amide bonds. The Hall–Kier alpha value is -1.89. The van der Waals surface area contributed by atoms with E-state index in [0.29, 0.717) is 5.02 Å². The first-order valence-electron chi connectivity index (χ1n) is 8.38. The number of piperazine rings is 1. The lowest BCUT2D eigenvalue weighted by molar-refractivity contribution is -0.883. The van der Waals surface area contributed by atoms with Crippen molar-refractivity contribution in [2.75, 3.05) is 33.2 Å². The fraction of sp³-hybridized carbons (Fsp3) is 0.333. The Balaban J connectivity index is 1.69. The number of hydrogen-bond donors (Lipinski definition) is 1. The molecule has 0 bridgehead atoms. The van der Waals surface area contributed by atoms with E-state index in [-0.39, 0.29) is 5.91 Å². The Morgan fingerprint density at radius 2 is 1.92 bits per heavy atom. The average molecular weight is 376 g/mol. The van der Waals surface area contributed by atoms with Gasteiger partial charge in [0.2, 0.25) is 0 Å². The molecule has 1 fully saturated rings. The number of rotatable bonds is 2. The molecule has 3 aromatic rings. The third-order valence-electron chi connectivity index (χ3n) is 4.73. The molecule has 1 N–H and O–H groups in total. The van der Waals surface area contributed by atoms with E-state index < -0.39 is 0 Å². The second-order valence-electron chi connectivity index (χ2n) is 6.55. The number of benzene rings is 1. The Morgan fingerprint density at radius 1 is 1.24 bits per heavy atom. The summed E-state index contributed by atoms with van der Waals surface area (Å²) in [5, 5.41) is 6.37. The fourth-order valence-corrected chi connectivity index (χ4v) is 4.43. The Bertz CT molecular complexity index is 923. The largest absolute Gasteiger partial charge is 0.334 e. The number of thiophene rings is 1. The van der Waals surface area contributed by atoms with E-state index in [4.69, 9.17) is 11.6 Å². The lowest BCUT2D eigenvalue weighted by atomic mass is 10.2. The molecule has 1 aliphatic heterocycles. The molecule has 130 valence electrons. The minimum atomic E-state index is 0.135. The van der Waals surface area contributed by atoms with Crippen LogP contribution < -0.4 is 4.90 Å². The summed E-state index contributed by atoms with van der Waals surface area (Å²) in [4.78, 5) is 18.1. The maximum Gasteiger partial charge on any atom is 0.264 e. The van der Waals surface area contributed by atoms with Crippen molar-refractivity contribution in [2.24, 2.45) is 0 Å². The summed E-state index contributed by atoms with van der Waals surface area (Å²) in [7, 11) is 2.17. The van der Waals surface area contributed by atoms with Crippen molar-refractivity contribution in [3.63, 3.8) is 0 Å². The number of nitrogens with one attached hydrogen (secondary N) is 1. The van der Waals surface area contributed by atoms with Crippen molar-refractivity contribution in [3.05, 3.63) is 45.9 Å². The number of nitrogens with zero attached hydrogens (tertiary/aromatic N) is 3. The molecule has 0 aliphatic carbocycles. The van der Waals surface area contributed by atoms with Gasteiger partial charge in [0, 0.05) is 10.4 Å². The van der Waals surface area contributed by atoms with Crippen molar-refractivity contribution in [2.45, 2.75) is 6.92 Å². The highest BCUT2D eigenvalue weighted by molar-refractivity contribution is 7.20. The van der Waals surface area contributed by atoms with Gasteiger partial charge >= 0.3 is 0 Å². The summed E-state index contributed by atoms with van der Waals surface area (Å²) in [5.74, 6) is 0.135. The molecule has 1 saturated heterocycles. The number of aromatic nitrogens is 2. The first-order valence-corrected chi connectivity index (χ1v) is 9.58. The molecular formula is C18H20ClN4OS+. The van der Waals surface area contributed by atoms with Gasteiger partial charge in [-0.1, -0.05) is 11.6 Å². The molecule has 0 radical (unpaired) electrons. The monoisotopic (exact) mass is 375 g/mol. The zero-order valence-electron chi connectivity index (χ0n) is 14.3. The van der Waals surface area contributed by atoms with E-state index in [1.54, 1.807) is 0 Å². The lowest BCUT2D eigenvalue weighted by Gasteiger charge is -2.29. The standard InChI is InChI=1S/C18H19ClN4OS/c1-12-15-11-16(17(24)22-9-7-21(2)8-10-22)25-18(15)23(20-12)14-5-3-13(19)4-6-14/h3-6,11H,7-10H2,1-2H3/p+1. The highest BCUT2D eigenvalue weighted by Crippen LogP contribution is 2.31. The number of likely N-dealkylation sites (N-methyl/N-ethyl adjacent to an activating group) is 1. The minimum absolute atomic E-state index is 0.135. The number of hydrogen-bond acceptors (Lipinski definition) is 3. The molecule has 0 atom stereocenters. The van der Waals surface area contributed by atoms with E-state index in [1.807, 2.05) is 46.8 Å². The SMILES string of the molecule is Cc1nn(-c2ccc(Cl)cc2)c2sc(C(=O)N3CC[NH+](C)CC3)cc12. The summed E-state index contributed by atoms with van der Waals surface area (Å²) < 4.78 is 1.90. The maximum atomic E-state index is 12.9. The fourth-order valence-electron chi connectivity index (χ4n) is 3.16. The summed E-state index contributed by atoms with van der Waals surface area (Å²) in [5.41, 5.74) is 1.88. The van der Waals surface area contributed by atoms with Crippen molar-refractivity contribution in [1.29, 1.82) is 0 Å². The number of amides is 1. The number of halogens is 1. The van der Waals surface area contributed by atoms with E-state index in [1.165, 1.54) is 16.2 Å². The molecule has 2 aromatic heterocycles. The summed E-state index contributed by atoms with van der Waals surface area (Å²) in [6, 6.07) is 9.58. The van der Waals surface area contributed by atoms with Gasteiger partial charge in [0.05, 0.1) is 49.5 Å².